The van der Waals surface area contributed by atoms with Crippen LogP contribution in [0, 0.1) is 6.92 Å². The molecule has 0 aromatic heterocycles. The summed E-state index contributed by atoms with van der Waals surface area (Å²) in [6, 6.07) is 8.78. The fourth-order valence-electron chi connectivity index (χ4n) is 3.29. The van der Waals surface area contributed by atoms with Crippen LogP contribution in [0.5, 0.6) is 0 Å². The number of anilines is 1. The molecule has 0 radical (unpaired) electrons. The van der Waals surface area contributed by atoms with E-state index in [1.807, 2.05) is 0 Å². The Kier molecular flexibility index (Phi) is 9.43. The molecule has 11 heteroatoms. The number of likely N-dealkylation sites (N-methyl/N-ethyl adjacent to an activating group) is 1. The van der Waals surface area contributed by atoms with Crippen molar-refractivity contribution >= 4 is 62.3 Å². The van der Waals surface area contributed by atoms with Crippen LogP contribution in [0.1, 0.15) is 24.5 Å². The summed E-state index contributed by atoms with van der Waals surface area (Å²) in [4.78, 5) is 27.3. The number of carbonyl (C=O) groups is 2. The highest BCUT2D eigenvalue weighted by molar-refractivity contribution is 7.92. The lowest BCUT2D eigenvalue weighted by molar-refractivity contribution is -0.140. The minimum atomic E-state index is -3.85. The van der Waals surface area contributed by atoms with E-state index in [1.165, 1.54) is 18.0 Å². The third-order valence-corrected chi connectivity index (χ3v) is 7.40. The number of amides is 2. The zero-order valence-electron chi connectivity index (χ0n) is 18.7. The topological polar surface area (TPSA) is 86.8 Å². The first-order chi connectivity index (χ1) is 15.4. The van der Waals surface area contributed by atoms with E-state index in [9.17, 15) is 18.0 Å². The van der Waals surface area contributed by atoms with Gasteiger partial charge < -0.3 is 10.2 Å². The molecule has 7 nitrogen and oxygen atoms in total. The molecule has 0 fully saturated rings. The van der Waals surface area contributed by atoms with Crippen molar-refractivity contribution in [3.8, 4) is 0 Å². The monoisotopic (exact) mass is 533 g/mol. The predicted molar refractivity (Wildman–Crippen MR) is 134 cm³/mol. The Morgan fingerprint density at radius 1 is 1.06 bits per heavy atom. The number of hydrogen-bond acceptors (Lipinski definition) is 4. The van der Waals surface area contributed by atoms with Gasteiger partial charge in [0.15, 0.2) is 0 Å². The average molecular weight is 535 g/mol. The molecule has 0 aliphatic rings. The fourth-order valence-corrected chi connectivity index (χ4v) is 4.82. The largest absolute Gasteiger partial charge is 0.357 e. The highest BCUT2D eigenvalue weighted by Crippen LogP contribution is 2.28. The van der Waals surface area contributed by atoms with Gasteiger partial charge in [-0.2, -0.15) is 0 Å². The number of nitrogens with one attached hydrogen (secondary N) is 1. The molecule has 2 amide bonds. The van der Waals surface area contributed by atoms with E-state index in [2.05, 4.69) is 5.32 Å². The number of nitrogens with zero attached hydrogens (tertiary/aromatic N) is 2. The second-order valence-electron chi connectivity index (χ2n) is 7.46. The molecule has 0 spiro atoms. The van der Waals surface area contributed by atoms with Crippen LogP contribution in [0.2, 0.25) is 15.1 Å². The zero-order valence-corrected chi connectivity index (χ0v) is 21.8. The van der Waals surface area contributed by atoms with E-state index < -0.39 is 34.4 Å². The van der Waals surface area contributed by atoms with E-state index in [0.717, 1.165) is 16.1 Å². The molecule has 0 aliphatic heterocycles. The SMILES string of the molecule is CC[C@@H](C(=O)NC)N(Cc1c(Cl)cccc1Cl)C(=O)CN(c1ccc(C)c(Cl)c1)S(C)(=O)=O. The van der Waals surface area contributed by atoms with Crippen molar-refractivity contribution in [1.82, 2.24) is 10.2 Å². The summed E-state index contributed by atoms with van der Waals surface area (Å²) >= 11 is 18.8. The highest BCUT2D eigenvalue weighted by Gasteiger charge is 2.32. The third-order valence-electron chi connectivity index (χ3n) is 5.15. The summed E-state index contributed by atoms with van der Waals surface area (Å²) in [5, 5.41) is 3.57. The summed E-state index contributed by atoms with van der Waals surface area (Å²) < 4.78 is 26.1. The van der Waals surface area contributed by atoms with Crippen LogP contribution in [0.3, 0.4) is 0 Å². The van der Waals surface area contributed by atoms with Crippen molar-refractivity contribution < 1.29 is 18.0 Å². The van der Waals surface area contributed by atoms with Crippen LogP contribution < -0.4 is 9.62 Å². The maximum Gasteiger partial charge on any atom is 0.244 e. The molecule has 2 aromatic carbocycles. The van der Waals surface area contributed by atoms with Gasteiger partial charge in [-0.1, -0.05) is 53.9 Å². The summed E-state index contributed by atoms with van der Waals surface area (Å²) in [6.07, 6.45) is 1.29. The van der Waals surface area contributed by atoms with E-state index >= 15 is 0 Å². The van der Waals surface area contributed by atoms with Gasteiger partial charge in [0, 0.05) is 34.2 Å². The number of sulfonamides is 1. The molecular formula is C22H26Cl3N3O4S. The lowest BCUT2D eigenvalue weighted by Gasteiger charge is -2.33. The van der Waals surface area contributed by atoms with Crippen molar-refractivity contribution in [1.29, 1.82) is 0 Å². The van der Waals surface area contributed by atoms with Gasteiger partial charge in [0.2, 0.25) is 21.8 Å². The van der Waals surface area contributed by atoms with Crippen molar-refractivity contribution in [3.63, 3.8) is 0 Å². The summed E-state index contributed by atoms with van der Waals surface area (Å²) in [5.41, 5.74) is 1.46. The molecule has 2 rings (SSSR count). The normalized spacial score (nSPS) is 12.2. The second kappa shape index (κ2) is 11.4. The molecule has 0 saturated carbocycles. The highest BCUT2D eigenvalue weighted by atomic mass is 35.5. The Morgan fingerprint density at radius 3 is 2.15 bits per heavy atom. The van der Waals surface area contributed by atoms with Gasteiger partial charge in [0.1, 0.15) is 12.6 Å². The maximum absolute atomic E-state index is 13.5. The van der Waals surface area contributed by atoms with Gasteiger partial charge in [-0.05, 0) is 43.2 Å². The molecule has 0 unspecified atom stereocenters. The van der Waals surface area contributed by atoms with Gasteiger partial charge >= 0.3 is 0 Å². The Hall–Kier alpha value is -2.00. The van der Waals surface area contributed by atoms with Crippen LogP contribution in [-0.2, 0) is 26.2 Å². The first-order valence-corrected chi connectivity index (χ1v) is 13.1. The molecule has 0 saturated heterocycles. The van der Waals surface area contributed by atoms with Crippen molar-refractivity contribution in [3.05, 3.63) is 62.6 Å². The van der Waals surface area contributed by atoms with Gasteiger partial charge in [0.25, 0.3) is 0 Å². The summed E-state index contributed by atoms with van der Waals surface area (Å²) in [5.74, 6) is -0.984. The number of benzene rings is 2. The van der Waals surface area contributed by atoms with E-state index in [0.29, 0.717) is 27.1 Å². The molecule has 0 heterocycles. The van der Waals surface area contributed by atoms with Crippen LogP contribution in [0.25, 0.3) is 0 Å². The van der Waals surface area contributed by atoms with E-state index in [4.69, 9.17) is 34.8 Å². The summed E-state index contributed by atoms with van der Waals surface area (Å²) in [6.45, 7) is 2.93. The second-order valence-corrected chi connectivity index (χ2v) is 10.6. The van der Waals surface area contributed by atoms with Crippen LogP contribution in [-0.4, -0.2) is 51.0 Å². The molecule has 1 N–H and O–H groups in total. The first-order valence-electron chi connectivity index (χ1n) is 10.1. The van der Waals surface area contributed by atoms with E-state index in [-0.39, 0.29) is 12.2 Å². The van der Waals surface area contributed by atoms with Crippen LogP contribution in [0.15, 0.2) is 36.4 Å². The number of hydrogen-bond donors (Lipinski definition) is 1. The zero-order chi connectivity index (χ0) is 24.9. The lowest BCUT2D eigenvalue weighted by atomic mass is 10.1. The number of halogens is 3. The van der Waals surface area contributed by atoms with Crippen molar-refractivity contribution in [2.75, 3.05) is 24.2 Å². The predicted octanol–water partition coefficient (Wildman–Crippen LogP) is 4.27. The maximum atomic E-state index is 13.5. The molecule has 2 aromatic rings. The van der Waals surface area contributed by atoms with Gasteiger partial charge in [-0.25, -0.2) is 8.42 Å². The quantitative estimate of drug-likeness (QED) is 0.520. The molecule has 180 valence electrons. The van der Waals surface area contributed by atoms with E-state index in [1.54, 1.807) is 44.2 Å². The number of rotatable bonds is 9. The molecule has 1 atom stereocenters. The van der Waals surface area contributed by atoms with Crippen LogP contribution in [0.4, 0.5) is 5.69 Å². The Morgan fingerprint density at radius 2 is 1.67 bits per heavy atom. The molecule has 33 heavy (non-hydrogen) atoms. The number of carbonyl (C=O) groups excluding carboxylic acids is 2. The van der Waals surface area contributed by atoms with Crippen molar-refractivity contribution in [2.45, 2.75) is 32.9 Å². The average Bonchev–Trinajstić information content (AvgIpc) is 2.74. The minimum absolute atomic E-state index is 0.0739. The lowest BCUT2D eigenvalue weighted by Crippen LogP contribution is -2.51. The molecule has 0 bridgehead atoms. The third kappa shape index (κ3) is 6.76. The minimum Gasteiger partial charge on any atom is -0.357 e. The standard InChI is InChI=1S/C22H26Cl3N3O4S/c1-5-20(22(30)26-3)27(12-16-17(23)7-6-8-18(16)24)21(29)13-28(33(4,31)32)15-10-9-14(2)19(25)11-15/h6-11,20H,5,12-13H2,1-4H3,(H,26,30)/t20-/m0/s1. The van der Waals surface area contributed by atoms with Crippen molar-refractivity contribution in [2.24, 2.45) is 0 Å². The van der Waals surface area contributed by atoms with Gasteiger partial charge in [0.05, 0.1) is 11.9 Å². The van der Waals surface area contributed by atoms with Gasteiger partial charge in [-0.15, -0.1) is 0 Å². The summed E-state index contributed by atoms with van der Waals surface area (Å²) in [7, 11) is -2.38. The Labute approximate surface area is 209 Å². The molecular weight excluding hydrogens is 509 g/mol. The Balaban J connectivity index is 2.51. The van der Waals surface area contributed by atoms with Crippen LogP contribution >= 0.6 is 34.8 Å². The van der Waals surface area contributed by atoms with Gasteiger partial charge in [-0.3, -0.25) is 13.9 Å². The fraction of sp³-hybridized carbons (Fsp3) is 0.364. The molecule has 0 aliphatic carbocycles. The smallest absolute Gasteiger partial charge is 0.244 e. The number of aryl methyl sites for hydroxylation is 1. The first kappa shape index (κ1) is 27.2. The Bertz CT molecular complexity index is 1120.